The van der Waals surface area contributed by atoms with Crippen LogP contribution in [0.5, 0.6) is 0 Å². The Morgan fingerprint density at radius 3 is 2.53 bits per heavy atom. The number of likely N-dealkylation sites (tertiary alicyclic amines) is 1. The number of carbonyl (C=O) groups excluding carboxylic acids is 1. The lowest BCUT2D eigenvalue weighted by atomic mass is 9.77. The van der Waals surface area contributed by atoms with Gasteiger partial charge in [-0.25, -0.2) is 4.79 Å². The van der Waals surface area contributed by atoms with Gasteiger partial charge in [-0.2, -0.15) is 0 Å². The van der Waals surface area contributed by atoms with Gasteiger partial charge in [0.05, 0.1) is 0 Å². The molecule has 0 aliphatic carbocycles. The molecule has 1 amide bonds. The van der Waals surface area contributed by atoms with Crippen molar-refractivity contribution in [1.29, 1.82) is 5.41 Å². The third kappa shape index (κ3) is 3.87. The van der Waals surface area contributed by atoms with E-state index >= 15 is 0 Å². The van der Waals surface area contributed by atoms with Gasteiger partial charge in [-0.1, -0.05) is 0 Å². The normalized spacial score (nSPS) is 18.5. The number of amides is 1. The summed E-state index contributed by atoms with van der Waals surface area (Å²) in [5, 5.41) is 7.45. The third-order valence-corrected chi connectivity index (χ3v) is 3.04. The second kappa shape index (κ2) is 5.25. The first kappa shape index (κ1) is 14.3. The van der Waals surface area contributed by atoms with E-state index in [1.165, 1.54) is 6.21 Å². The largest absolute Gasteiger partial charge is 0.444 e. The number of alkyl halides is 1. The van der Waals surface area contributed by atoms with Crippen molar-refractivity contribution in [2.75, 3.05) is 19.0 Å². The fourth-order valence-electron chi connectivity index (χ4n) is 1.91. The number of hydrogen-bond acceptors (Lipinski definition) is 3. The first-order chi connectivity index (χ1) is 7.82. The molecule has 0 unspecified atom stereocenters. The highest BCUT2D eigenvalue weighted by Crippen LogP contribution is 2.34. The van der Waals surface area contributed by atoms with Crippen molar-refractivity contribution in [3.8, 4) is 0 Å². The molecule has 1 fully saturated rings. The highest BCUT2D eigenvalue weighted by Gasteiger charge is 2.44. The Kier molecular flexibility index (Phi) is 4.42. The summed E-state index contributed by atoms with van der Waals surface area (Å²) < 4.78 is 5.27. The zero-order valence-corrected chi connectivity index (χ0v) is 11.5. The second-order valence-electron chi connectivity index (χ2n) is 5.64. The SMILES string of the molecule is CC(C)(C)OC(=O)N1CC(C=N)(CCCCl)C1. The lowest BCUT2D eigenvalue weighted by Gasteiger charge is -2.47. The highest BCUT2D eigenvalue weighted by molar-refractivity contribution is 6.17. The standard InChI is InChI=1S/C12H21ClN2O2/c1-11(2,3)17-10(16)15-8-12(7-14,9-15)5-4-6-13/h7,14H,4-6,8-9H2,1-3H3. The van der Waals surface area contributed by atoms with Crippen molar-refractivity contribution in [3.63, 3.8) is 0 Å². The van der Waals surface area contributed by atoms with E-state index in [4.69, 9.17) is 21.7 Å². The third-order valence-electron chi connectivity index (χ3n) is 2.78. The maximum Gasteiger partial charge on any atom is 0.410 e. The van der Waals surface area contributed by atoms with Crippen molar-refractivity contribution in [3.05, 3.63) is 0 Å². The van der Waals surface area contributed by atoms with Crippen LogP contribution in [0.2, 0.25) is 0 Å². The molecular formula is C12H21ClN2O2. The molecule has 1 aliphatic rings. The van der Waals surface area contributed by atoms with Crippen molar-refractivity contribution in [1.82, 2.24) is 4.90 Å². The molecule has 17 heavy (non-hydrogen) atoms. The molecule has 5 heteroatoms. The Balaban J connectivity index is 2.43. The van der Waals surface area contributed by atoms with Crippen LogP contribution < -0.4 is 0 Å². The van der Waals surface area contributed by atoms with Crippen LogP contribution in [-0.4, -0.2) is 41.8 Å². The maximum absolute atomic E-state index is 11.7. The second-order valence-corrected chi connectivity index (χ2v) is 6.01. The first-order valence-electron chi connectivity index (χ1n) is 5.87. The van der Waals surface area contributed by atoms with Crippen molar-refractivity contribution < 1.29 is 9.53 Å². The van der Waals surface area contributed by atoms with Crippen LogP contribution in [0.4, 0.5) is 4.79 Å². The number of nitrogens with zero attached hydrogens (tertiary/aromatic N) is 1. The van der Waals surface area contributed by atoms with Gasteiger partial charge >= 0.3 is 6.09 Å². The molecule has 0 radical (unpaired) electrons. The molecule has 0 saturated carbocycles. The van der Waals surface area contributed by atoms with Gasteiger partial charge in [0.2, 0.25) is 0 Å². The fraction of sp³-hybridized carbons (Fsp3) is 0.833. The van der Waals surface area contributed by atoms with E-state index in [1.807, 2.05) is 20.8 Å². The highest BCUT2D eigenvalue weighted by atomic mass is 35.5. The van der Waals surface area contributed by atoms with Crippen LogP contribution in [0.3, 0.4) is 0 Å². The van der Waals surface area contributed by atoms with E-state index in [9.17, 15) is 4.79 Å². The first-order valence-corrected chi connectivity index (χ1v) is 6.41. The van der Waals surface area contributed by atoms with E-state index in [-0.39, 0.29) is 11.5 Å². The Morgan fingerprint density at radius 1 is 1.53 bits per heavy atom. The number of hydrogen-bond donors (Lipinski definition) is 1. The quantitative estimate of drug-likeness (QED) is 0.624. The smallest absolute Gasteiger partial charge is 0.410 e. The molecule has 0 atom stereocenters. The average molecular weight is 261 g/mol. The summed E-state index contributed by atoms with van der Waals surface area (Å²) in [5.41, 5.74) is -0.637. The van der Waals surface area contributed by atoms with Gasteiger partial charge in [-0.15, -0.1) is 11.6 Å². The maximum atomic E-state index is 11.7. The zero-order chi connectivity index (χ0) is 13.1. The minimum Gasteiger partial charge on any atom is -0.444 e. The minimum absolute atomic E-state index is 0.175. The zero-order valence-electron chi connectivity index (χ0n) is 10.8. The molecular weight excluding hydrogens is 240 g/mol. The Labute approximate surface area is 108 Å². The number of halogens is 1. The van der Waals surface area contributed by atoms with E-state index in [0.717, 1.165) is 12.8 Å². The van der Waals surface area contributed by atoms with Gasteiger partial charge in [-0.05, 0) is 33.6 Å². The van der Waals surface area contributed by atoms with Gasteiger partial charge in [0.1, 0.15) is 5.60 Å². The predicted molar refractivity (Wildman–Crippen MR) is 69.0 cm³/mol. The van der Waals surface area contributed by atoms with Crippen LogP contribution in [0.25, 0.3) is 0 Å². The number of ether oxygens (including phenoxy) is 1. The number of nitrogens with one attached hydrogen (secondary N) is 1. The van der Waals surface area contributed by atoms with E-state index in [1.54, 1.807) is 4.90 Å². The Hall–Kier alpha value is -0.770. The molecule has 0 aromatic carbocycles. The van der Waals surface area contributed by atoms with Crippen molar-refractivity contribution in [2.24, 2.45) is 5.41 Å². The molecule has 1 aliphatic heterocycles. The predicted octanol–water partition coefficient (Wildman–Crippen LogP) is 2.89. The summed E-state index contributed by atoms with van der Waals surface area (Å²) in [6.07, 6.45) is 2.89. The lowest BCUT2D eigenvalue weighted by molar-refractivity contribution is -0.0140. The number of rotatable bonds is 4. The summed E-state index contributed by atoms with van der Waals surface area (Å²) in [4.78, 5) is 13.4. The molecule has 0 bridgehead atoms. The van der Waals surface area contributed by atoms with Crippen LogP contribution in [-0.2, 0) is 4.74 Å². The van der Waals surface area contributed by atoms with Gasteiger partial charge in [-0.3, -0.25) is 0 Å². The molecule has 1 heterocycles. The molecule has 0 aromatic heterocycles. The monoisotopic (exact) mass is 260 g/mol. The van der Waals surface area contributed by atoms with Crippen LogP contribution in [0, 0.1) is 10.8 Å². The molecule has 1 rings (SSSR count). The van der Waals surface area contributed by atoms with Gasteiger partial charge in [0.15, 0.2) is 0 Å². The molecule has 0 aromatic rings. The van der Waals surface area contributed by atoms with E-state index in [0.29, 0.717) is 19.0 Å². The van der Waals surface area contributed by atoms with Crippen molar-refractivity contribution in [2.45, 2.75) is 39.2 Å². The Bertz CT molecular complexity index is 293. The molecule has 0 spiro atoms. The van der Waals surface area contributed by atoms with Crippen LogP contribution >= 0.6 is 11.6 Å². The van der Waals surface area contributed by atoms with Crippen LogP contribution in [0.1, 0.15) is 33.6 Å². The van der Waals surface area contributed by atoms with Crippen molar-refractivity contribution >= 4 is 23.9 Å². The van der Waals surface area contributed by atoms with Gasteiger partial charge in [0.25, 0.3) is 0 Å². The molecule has 98 valence electrons. The molecule has 1 N–H and O–H groups in total. The summed E-state index contributed by atoms with van der Waals surface area (Å²) in [7, 11) is 0. The topological polar surface area (TPSA) is 53.4 Å². The Morgan fingerprint density at radius 2 is 2.12 bits per heavy atom. The summed E-state index contributed by atoms with van der Waals surface area (Å²) in [6, 6.07) is 0. The molecule has 4 nitrogen and oxygen atoms in total. The minimum atomic E-state index is -0.462. The van der Waals surface area contributed by atoms with Crippen LogP contribution in [0.15, 0.2) is 0 Å². The molecule has 1 saturated heterocycles. The lowest BCUT2D eigenvalue weighted by Crippen LogP contribution is -2.60. The van der Waals surface area contributed by atoms with Gasteiger partial charge < -0.3 is 15.0 Å². The summed E-state index contributed by atoms with van der Waals surface area (Å²) in [6.45, 7) is 6.69. The average Bonchev–Trinajstić information content (AvgIpc) is 2.14. The van der Waals surface area contributed by atoms with Gasteiger partial charge in [0, 0.05) is 30.6 Å². The fourth-order valence-corrected chi connectivity index (χ4v) is 2.04. The summed E-state index contributed by atoms with van der Waals surface area (Å²) >= 11 is 5.65. The summed E-state index contributed by atoms with van der Waals surface area (Å²) in [5.74, 6) is 0.599. The van der Waals surface area contributed by atoms with E-state index < -0.39 is 5.60 Å². The van der Waals surface area contributed by atoms with E-state index in [2.05, 4.69) is 0 Å². The number of carbonyl (C=O) groups is 1.